The Morgan fingerprint density at radius 2 is 1.95 bits per heavy atom. The molecule has 2 unspecified atom stereocenters. The summed E-state index contributed by atoms with van der Waals surface area (Å²) in [5.41, 5.74) is 0.426. The summed E-state index contributed by atoms with van der Waals surface area (Å²) in [6.45, 7) is 0.434. The molecular formula is C14H20N2O4S. The minimum atomic E-state index is -3.80. The van der Waals surface area contributed by atoms with Gasteiger partial charge in [-0.3, -0.25) is 4.79 Å². The highest BCUT2D eigenvalue weighted by Gasteiger charge is 2.30. The Balaban J connectivity index is 2.11. The molecule has 6 nitrogen and oxygen atoms in total. The van der Waals surface area contributed by atoms with E-state index in [2.05, 4.69) is 5.32 Å². The number of carboxylic acids is 1. The summed E-state index contributed by atoms with van der Waals surface area (Å²) in [6.07, 6.45) is 3.45. The topological polar surface area (TPSA) is 109 Å². The molecule has 1 aromatic rings. The Bertz CT molecular complexity index is 615. The summed E-state index contributed by atoms with van der Waals surface area (Å²) < 4.78 is 23.0. The zero-order valence-electron chi connectivity index (χ0n) is 11.7. The van der Waals surface area contributed by atoms with Crippen LogP contribution in [0.15, 0.2) is 29.2 Å². The second-order valence-electron chi connectivity index (χ2n) is 5.41. The van der Waals surface area contributed by atoms with Gasteiger partial charge < -0.3 is 10.4 Å². The van der Waals surface area contributed by atoms with Gasteiger partial charge in [0.2, 0.25) is 10.0 Å². The molecule has 0 bridgehead atoms. The molecule has 0 spiro atoms. The van der Waals surface area contributed by atoms with Crippen LogP contribution >= 0.6 is 0 Å². The van der Waals surface area contributed by atoms with Crippen LogP contribution in [0.5, 0.6) is 0 Å². The molecule has 0 aromatic heterocycles. The number of carbonyl (C=O) groups is 1. The highest BCUT2D eigenvalue weighted by Crippen LogP contribution is 2.31. The van der Waals surface area contributed by atoms with Crippen molar-refractivity contribution in [2.45, 2.75) is 30.6 Å². The third-order valence-corrected chi connectivity index (χ3v) is 4.94. The molecule has 1 aliphatic carbocycles. The van der Waals surface area contributed by atoms with Crippen LogP contribution in [0, 0.1) is 11.8 Å². The van der Waals surface area contributed by atoms with Gasteiger partial charge in [-0.1, -0.05) is 25.0 Å². The average molecular weight is 312 g/mol. The second-order valence-corrected chi connectivity index (χ2v) is 6.94. The minimum Gasteiger partial charge on any atom is -0.481 e. The number of rotatable bonds is 5. The van der Waals surface area contributed by atoms with Gasteiger partial charge in [-0.05, 0) is 30.9 Å². The van der Waals surface area contributed by atoms with Crippen LogP contribution in [0.3, 0.4) is 0 Å². The van der Waals surface area contributed by atoms with Gasteiger partial charge >= 0.3 is 5.97 Å². The monoisotopic (exact) mass is 312 g/mol. The fourth-order valence-corrected chi connectivity index (χ4v) is 3.59. The predicted molar refractivity (Wildman–Crippen MR) is 79.4 cm³/mol. The largest absolute Gasteiger partial charge is 0.481 e. The lowest BCUT2D eigenvalue weighted by atomic mass is 9.79. The van der Waals surface area contributed by atoms with Crippen molar-refractivity contribution in [1.29, 1.82) is 0 Å². The molecule has 0 radical (unpaired) electrons. The number of sulfonamides is 1. The van der Waals surface area contributed by atoms with Crippen LogP contribution in [0.2, 0.25) is 0 Å². The lowest BCUT2D eigenvalue weighted by Gasteiger charge is -2.29. The molecule has 2 atom stereocenters. The molecule has 0 heterocycles. The molecule has 1 aliphatic rings. The molecule has 7 heteroatoms. The molecule has 21 heavy (non-hydrogen) atoms. The van der Waals surface area contributed by atoms with Crippen molar-refractivity contribution in [1.82, 2.24) is 0 Å². The van der Waals surface area contributed by atoms with Gasteiger partial charge in [0, 0.05) is 6.54 Å². The molecule has 0 amide bonds. The Morgan fingerprint density at radius 1 is 1.29 bits per heavy atom. The van der Waals surface area contributed by atoms with Crippen molar-refractivity contribution >= 4 is 21.7 Å². The van der Waals surface area contributed by atoms with Crippen LogP contribution in [-0.2, 0) is 14.8 Å². The zero-order valence-corrected chi connectivity index (χ0v) is 12.5. The molecule has 1 fully saturated rings. The second kappa shape index (κ2) is 6.44. The molecule has 1 aromatic carbocycles. The number of nitrogens with two attached hydrogens (primary N) is 1. The van der Waals surface area contributed by atoms with Crippen LogP contribution in [-0.4, -0.2) is 26.0 Å². The van der Waals surface area contributed by atoms with E-state index in [0.717, 1.165) is 19.3 Å². The van der Waals surface area contributed by atoms with Crippen molar-refractivity contribution in [3.8, 4) is 0 Å². The number of primary sulfonamides is 1. The summed E-state index contributed by atoms with van der Waals surface area (Å²) in [5, 5.41) is 17.5. The third-order valence-electron chi connectivity index (χ3n) is 3.97. The van der Waals surface area contributed by atoms with Crippen molar-refractivity contribution in [2.75, 3.05) is 11.9 Å². The summed E-state index contributed by atoms with van der Waals surface area (Å²) in [7, 11) is -3.80. The van der Waals surface area contributed by atoms with Crippen molar-refractivity contribution in [3.63, 3.8) is 0 Å². The van der Waals surface area contributed by atoms with Crippen molar-refractivity contribution < 1.29 is 18.3 Å². The first-order valence-corrected chi connectivity index (χ1v) is 8.52. The maximum absolute atomic E-state index is 11.5. The quantitative estimate of drug-likeness (QED) is 0.765. The van der Waals surface area contributed by atoms with E-state index in [4.69, 9.17) is 5.14 Å². The number of nitrogens with one attached hydrogen (secondary N) is 1. The summed E-state index contributed by atoms with van der Waals surface area (Å²) >= 11 is 0. The van der Waals surface area contributed by atoms with Gasteiger partial charge in [0.15, 0.2) is 0 Å². The number of anilines is 1. The standard InChI is InChI=1S/C14H20N2O4S/c15-21(19,20)13-8-4-3-7-12(13)16-9-10-5-1-2-6-11(10)14(17)18/h3-4,7-8,10-11,16H,1-2,5-6,9H2,(H,17,18)(H2,15,19,20). The van der Waals surface area contributed by atoms with E-state index in [9.17, 15) is 18.3 Å². The normalized spacial score (nSPS) is 22.7. The average Bonchev–Trinajstić information content (AvgIpc) is 2.44. The predicted octanol–water partition coefficient (Wildman–Crippen LogP) is 1.64. The van der Waals surface area contributed by atoms with Gasteiger partial charge in [-0.15, -0.1) is 0 Å². The SMILES string of the molecule is NS(=O)(=O)c1ccccc1NCC1CCCCC1C(=O)O. The van der Waals surface area contributed by atoms with Crippen molar-refractivity contribution in [2.24, 2.45) is 17.0 Å². The molecule has 1 saturated carbocycles. The zero-order chi connectivity index (χ0) is 15.5. The van der Waals surface area contributed by atoms with Gasteiger partial charge in [0.05, 0.1) is 11.6 Å². The van der Waals surface area contributed by atoms with E-state index >= 15 is 0 Å². The van der Waals surface area contributed by atoms with Gasteiger partial charge in [-0.25, -0.2) is 13.6 Å². The fraction of sp³-hybridized carbons (Fsp3) is 0.500. The Kier molecular flexibility index (Phi) is 4.84. The molecule has 116 valence electrons. The van der Waals surface area contributed by atoms with Crippen LogP contribution < -0.4 is 10.5 Å². The number of para-hydroxylation sites is 1. The smallest absolute Gasteiger partial charge is 0.306 e. The van der Waals surface area contributed by atoms with E-state index in [1.165, 1.54) is 6.07 Å². The first-order chi connectivity index (χ1) is 9.89. The Hall–Kier alpha value is -1.60. The highest BCUT2D eigenvalue weighted by atomic mass is 32.2. The van der Waals surface area contributed by atoms with E-state index in [1.54, 1.807) is 18.2 Å². The number of aliphatic carboxylic acids is 1. The Morgan fingerprint density at radius 3 is 2.62 bits per heavy atom. The summed E-state index contributed by atoms with van der Waals surface area (Å²) in [5.74, 6) is -1.14. The van der Waals surface area contributed by atoms with E-state index < -0.39 is 16.0 Å². The highest BCUT2D eigenvalue weighted by molar-refractivity contribution is 7.89. The van der Waals surface area contributed by atoms with E-state index in [1.807, 2.05) is 0 Å². The van der Waals surface area contributed by atoms with E-state index in [-0.39, 0.29) is 16.7 Å². The maximum Gasteiger partial charge on any atom is 0.306 e. The van der Waals surface area contributed by atoms with Crippen LogP contribution in [0.4, 0.5) is 5.69 Å². The number of hydrogen-bond acceptors (Lipinski definition) is 4. The minimum absolute atomic E-state index is 0.00443. The number of hydrogen-bond donors (Lipinski definition) is 3. The third kappa shape index (κ3) is 3.95. The lowest BCUT2D eigenvalue weighted by Crippen LogP contribution is -2.32. The molecule has 0 saturated heterocycles. The van der Waals surface area contributed by atoms with Gasteiger partial charge in [0.25, 0.3) is 0 Å². The molecule has 4 N–H and O–H groups in total. The first-order valence-electron chi connectivity index (χ1n) is 6.98. The molecule has 2 rings (SSSR count). The van der Waals surface area contributed by atoms with Gasteiger partial charge in [0.1, 0.15) is 4.90 Å². The van der Waals surface area contributed by atoms with Crippen molar-refractivity contribution in [3.05, 3.63) is 24.3 Å². The fourth-order valence-electron chi connectivity index (χ4n) is 2.88. The molecular weight excluding hydrogens is 292 g/mol. The Labute approximate surface area is 124 Å². The summed E-state index contributed by atoms with van der Waals surface area (Å²) in [6, 6.07) is 6.39. The number of carboxylic acid groups (broad SMARTS) is 1. The maximum atomic E-state index is 11.5. The van der Waals surface area contributed by atoms with Crippen LogP contribution in [0.1, 0.15) is 25.7 Å². The lowest BCUT2D eigenvalue weighted by molar-refractivity contribution is -0.144. The molecule has 0 aliphatic heterocycles. The van der Waals surface area contributed by atoms with Crippen LogP contribution in [0.25, 0.3) is 0 Å². The first kappa shape index (κ1) is 15.8. The van der Waals surface area contributed by atoms with E-state index in [0.29, 0.717) is 18.7 Å². The van der Waals surface area contributed by atoms with Gasteiger partial charge in [-0.2, -0.15) is 0 Å². The summed E-state index contributed by atoms with van der Waals surface area (Å²) in [4.78, 5) is 11.3. The number of benzene rings is 1.